The minimum atomic E-state index is -0.0874. The van der Waals surface area contributed by atoms with Gasteiger partial charge in [-0.1, -0.05) is 12.2 Å². The van der Waals surface area contributed by atoms with Gasteiger partial charge in [-0.25, -0.2) is 0 Å². The highest BCUT2D eigenvalue weighted by Crippen LogP contribution is 2.11. The first-order chi connectivity index (χ1) is 8.69. The summed E-state index contributed by atoms with van der Waals surface area (Å²) in [6, 6.07) is 3.86. The number of hydrogen-bond donors (Lipinski definition) is 2. The first-order valence-corrected chi connectivity index (χ1v) is 6.29. The highest BCUT2D eigenvalue weighted by atomic mass is 32.1. The van der Waals surface area contributed by atoms with Crippen molar-refractivity contribution >= 4 is 17.2 Å². The molecule has 0 spiro atoms. The van der Waals surface area contributed by atoms with Gasteiger partial charge in [-0.3, -0.25) is 9.88 Å². The van der Waals surface area contributed by atoms with E-state index in [1.807, 2.05) is 12.1 Å². The van der Waals surface area contributed by atoms with Gasteiger partial charge in [0.2, 0.25) is 0 Å². The molecule has 1 aliphatic heterocycles. The topological polar surface area (TPSA) is 71.6 Å². The van der Waals surface area contributed by atoms with Crippen molar-refractivity contribution in [2.24, 2.45) is 5.73 Å². The lowest BCUT2D eigenvalue weighted by Gasteiger charge is -2.32. The Morgan fingerprint density at radius 2 is 2.50 bits per heavy atom. The van der Waals surface area contributed by atoms with Crippen LogP contribution in [0.5, 0.6) is 0 Å². The molecule has 1 aromatic heterocycles. The van der Waals surface area contributed by atoms with Crippen LogP contribution in [0.3, 0.4) is 0 Å². The average Bonchev–Trinajstić information content (AvgIpc) is 2.39. The van der Waals surface area contributed by atoms with E-state index < -0.39 is 0 Å². The third-order valence-corrected chi connectivity index (χ3v) is 3.12. The summed E-state index contributed by atoms with van der Waals surface area (Å²) < 4.78 is 5.41. The van der Waals surface area contributed by atoms with Gasteiger partial charge >= 0.3 is 0 Å². The third-order valence-electron chi connectivity index (χ3n) is 2.91. The second kappa shape index (κ2) is 6.19. The molecule has 0 amide bonds. The summed E-state index contributed by atoms with van der Waals surface area (Å²) in [5.41, 5.74) is 7.33. The lowest BCUT2D eigenvalue weighted by atomic mass is 10.2. The predicted molar refractivity (Wildman–Crippen MR) is 72.2 cm³/mol. The van der Waals surface area contributed by atoms with Crippen molar-refractivity contribution in [1.82, 2.24) is 9.88 Å². The second-order valence-corrected chi connectivity index (χ2v) is 4.76. The van der Waals surface area contributed by atoms with E-state index in [0.717, 1.165) is 25.2 Å². The van der Waals surface area contributed by atoms with Gasteiger partial charge in [0, 0.05) is 25.8 Å². The van der Waals surface area contributed by atoms with Crippen LogP contribution >= 0.6 is 12.2 Å². The summed E-state index contributed by atoms with van der Waals surface area (Å²) in [4.78, 5) is 6.66. The molecule has 1 unspecified atom stereocenters. The molecule has 3 N–H and O–H groups in total. The number of aliphatic hydroxyl groups is 1. The fourth-order valence-electron chi connectivity index (χ4n) is 2.00. The third kappa shape index (κ3) is 3.46. The van der Waals surface area contributed by atoms with E-state index in [4.69, 9.17) is 27.8 Å². The minimum Gasteiger partial charge on any atom is -0.394 e. The summed E-state index contributed by atoms with van der Waals surface area (Å²) in [5.74, 6) is 0. The number of aromatic nitrogens is 1. The van der Waals surface area contributed by atoms with Crippen LogP contribution in [0.4, 0.5) is 0 Å². The van der Waals surface area contributed by atoms with Crippen LogP contribution in [0.25, 0.3) is 0 Å². The molecule has 1 aromatic rings. The Morgan fingerprint density at radius 1 is 1.67 bits per heavy atom. The number of pyridine rings is 1. The molecule has 0 bridgehead atoms. The molecule has 1 aliphatic rings. The van der Waals surface area contributed by atoms with Gasteiger partial charge < -0.3 is 15.6 Å². The maximum atomic E-state index is 9.10. The highest BCUT2D eigenvalue weighted by Gasteiger charge is 2.19. The number of hydrogen-bond acceptors (Lipinski definition) is 5. The molecule has 98 valence electrons. The Balaban J connectivity index is 2.00. The number of morpholine rings is 1. The van der Waals surface area contributed by atoms with E-state index in [2.05, 4.69) is 9.88 Å². The van der Waals surface area contributed by atoms with Crippen molar-refractivity contribution in [2.45, 2.75) is 12.6 Å². The minimum absolute atomic E-state index is 0.0605. The molecule has 6 heteroatoms. The summed E-state index contributed by atoms with van der Waals surface area (Å²) in [7, 11) is 0. The van der Waals surface area contributed by atoms with Crippen LogP contribution < -0.4 is 5.73 Å². The van der Waals surface area contributed by atoms with Gasteiger partial charge in [-0.15, -0.1) is 0 Å². The van der Waals surface area contributed by atoms with Crippen molar-refractivity contribution in [3.63, 3.8) is 0 Å². The van der Waals surface area contributed by atoms with E-state index in [9.17, 15) is 0 Å². The number of rotatable bonds is 4. The Hall–Kier alpha value is -1.08. The first kappa shape index (κ1) is 13.4. The maximum Gasteiger partial charge on any atom is 0.122 e. The molecule has 0 aliphatic carbocycles. The van der Waals surface area contributed by atoms with Crippen LogP contribution in [0.1, 0.15) is 11.3 Å². The second-order valence-electron chi connectivity index (χ2n) is 4.32. The molecule has 1 saturated heterocycles. The number of ether oxygens (including phenoxy) is 1. The lowest BCUT2D eigenvalue weighted by Crippen LogP contribution is -2.43. The Morgan fingerprint density at radius 3 is 3.22 bits per heavy atom. The van der Waals surface area contributed by atoms with Gasteiger partial charge in [0.05, 0.1) is 25.0 Å². The maximum absolute atomic E-state index is 9.10. The summed E-state index contributed by atoms with van der Waals surface area (Å²) >= 11 is 4.91. The van der Waals surface area contributed by atoms with Crippen LogP contribution in [0.2, 0.25) is 0 Å². The van der Waals surface area contributed by atoms with Gasteiger partial charge in [0.1, 0.15) is 4.99 Å². The van der Waals surface area contributed by atoms with Gasteiger partial charge in [0.15, 0.2) is 0 Å². The van der Waals surface area contributed by atoms with E-state index in [-0.39, 0.29) is 12.7 Å². The molecule has 0 saturated carbocycles. The zero-order valence-electron chi connectivity index (χ0n) is 10.1. The fraction of sp³-hybridized carbons (Fsp3) is 0.500. The quantitative estimate of drug-likeness (QED) is 0.743. The Labute approximate surface area is 112 Å². The van der Waals surface area contributed by atoms with Crippen LogP contribution in [-0.4, -0.2) is 52.4 Å². The van der Waals surface area contributed by atoms with Gasteiger partial charge in [-0.2, -0.15) is 0 Å². The number of thiocarbonyl (C=S) groups is 1. The highest BCUT2D eigenvalue weighted by molar-refractivity contribution is 7.80. The van der Waals surface area contributed by atoms with Crippen LogP contribution in [0, 0.1) is 0 Å². The van der Waals surface area contributed by atoms with E-state index in [0.29, 0.717) is 17.3 Å². The molecule has 1 fully saturated rings. The van der Waals surface area contributed by atoms with E-state index in [1.165, 1.54) is 0 Å². The van der Waals surface area contributed by atoms with E-state index in [1.54, 1.807) is 6.20 Å². The number of nitrogens with zero attached hydrogens (tertiary/aromatic N) is 2. The summed E-state index contributed by atoms with van der Waals surface area (Å²) in [5, 5.41) is 9.10. The molecular weight excluding hydrogens is 250 g/mol. The SMILES string of the molecule is NC(=S)c1cc(CN2CCOC(CO)C2)ccn1. The zero-order valence-corrected chi connectivity index (χ0v) is 10.9. The van der Waals surface area contributed by atoms with E-state index >= 15 is 0 Å². The van der Waals surface area contributed by atoms with Crippen LogP contribution in [-0.2, 0) is 11.3 Å². The molecule has 5 nitrogen and oxygen atoms in total. The number of aliphatic hydroxyl groups excluding tert-OH is 1. The molecule has 1 atom stereocenters. The van der Waals surface area contributed by atoms with Crippen molar-refractivity contribution in [3.05, 3.63) is 29.6 Å². The standard InChI is InChI=1S/C12H17N3O2S/c13-12(18)11-5-9(1-2-14-11)6-15-3-4-17-10(7-15)8-16/h1-2,5,10,16H,3-4,6-8H2,(H2,13,18). The summed E-state index contributed by atoms with van der Waals surface area (Å²) in [6.45, 7) is 3.10. The zero-order chi connectivity index (χ0) is 13.0. The normalized spacial score (nSPS) is 20.8. The van der Waals surface area contributed by atoms with Crippen molar-refractivity contribution in [1.29, 1.82) is 0 Å². The Kier molecular flexibility index (Phi) is 4.60. The molecule has 2 rings (SSSR count). The first-order valence-electron chi connectivity index (χ1n) is 5.88. The Bertz CT molecular complexity index is 428. The van der Waals surface area contributed by atoms with Gasteiger partial charge in [-0.05, 0) is 17.7 Å². The molecule has 0 radical (unpaired) electrons. The van der Waals surface area contributed by atoms with Crippen molar-refractivity contribution in [3.8, 4) is 0 Å². The fourth-order valence-corrected chi connectivity index (χ4v) is 2.11. The molecule has 18 heavy (non-hydrogen) atoms. The molecular formula is C12H17N3O2S. The molecule has 0 aromatic carbocycles. The van der Waals surface area contributed by atoms with Crippen molar-refractivity contribution in [2.75, 3.05) is 26.3 Å². The average molecular weight is 267 g/mol. The van der Waals surface area contributed by atoms with Crippen molar-refractivity contribution < 1.29 is 9.84 Å². The molecule has 2 heterocycles. The monoisotopic (exact) mass is 267 g/mol. The predicted octanol–water partition coefficient (Wildman–Crippen LogP) is -0.0911. The van der Waals surface area contributed by atoms with Crippen LogP contribution in [0.15, 0.2) is 18.3 Å². The number of nitrogens with two attached hydrogens (primary N) is 1. The lowest BCUT2D eigenvalue weighted by molar-refractivity contribution is -0.0551. The largest absolute Gasteiger partial charge is 0.394 e. The summed E-state index contributed by atoms with van der Waals surface area (Å²) in [6.07, 6.45) is 1.63. The van der Waals surface area contributed by atoms with Gasteiger partial charge in [0.25, 0.3) is 0 Å². The smallest absolute Gasteiger partial charge is 0.122 e.